The lowest BCUT2D eigenvalue weighted by atomic mass is 10.0. The standard InChI is InChI=1S/C23H49NO3S/c1-24(2)22-20-18-16-14-12-10-8-6-4-3-5-7-9-11-13-15-17-19-21-23-28(25,26)27/h3-23H2,1-2H3,(H,25,26,27). The summed E-state index contributed by atoms with van der Waals surface area (Å²) in [7, 11) is 0.559. The Balaban J connectivity index is 3.05. The molecular weight excluding hydrogens is 370 g/mol. The Hall–Kier alpha value is -0.130. The van der Waals surface area contributed by atoms with E-state index in [1.165, 1.54) is 109 Å². The minimum atomic E-state index is -3.75. The predicted octanol–water partition coefficient (Wildman–Crippen LogP) is 6.85. The molecule has 28 heavy (non-hydrogen) atoms. The van der Waals surface area contributed by atoms with Gasteiger partial charge in [0.2, 0.25) is 0 Å². The third-order valence-electron chi connectivity index (χ3n) is 5.51. The summed E-state index contributed by atoms with van der Waals surface area (Å²) >= 11 is 0. The number of nitrogens with zero attached hydrogens (tertiary/aromatic N) is 1. The Labute approximate surface area is 176 Å². The van der Waals surface area contributed by atoms with Gasteiger partial charge in [0.05, 0.1) is 5.75 Å². The molecule has 0 aromatic rings. The molecular formula is C23H49NO3S. The second-order valence-corrected chi connectivity index (χ2v) is 10.4. The van der Waals surface area contributed by atoms with Crippen LogP contribution in [0.15, 0.2) is 0 Å². The number of rotatable bonds is 22. The van der Waals surface area contributed by atoms with Crippen molar-refractivity contribution in [3.63, 3.8) is 0 Å². The zero-order valence-corrected chi connectivity index (χ0v) is 19.8. The first-order chi connectivity index (χ1) is 13.4. The van der Waals surface area contributed by atoms with Gasteiger partial charge < -0.3 is 4.90 Å². The van der Waals surface area contributed by atoms with E-state index in [0.29, 0.717) is 6.42 Å². The molecule has 0 rings (SSSR count). The summed E-state index contributed by atoms with van der Waals surface area (Å²) < 4.78 is 29.8. The molecule has 0 aliphatic heterocycles. The van der Waals surface area contributed by atoms with Gasteiger partial charge in [-0.3, -0.25) is 4.55 Å². The molecule has 0 aliphatic rings. The van der Waals surface area contributed by atoms with Crippen molar-refractivity contribution in [1.29, 1.82) is 0 Å². The van der Waals surface area contributed by atoms with Gasteiger partial charge in [-0.05, 0) is 33.5 Å². The lowest BCUT2D eigenvalue weighted by Gasteiger charge is -2.08. The molecule has 0 saturated carbocycles. The van der Waals surface area contributed by atoms with Gasteiger partial charge in [0, 0.05) is 0 Å². The second kappa shape index (κ2) is 20.2. The molecule has 1 N–H and O–H groups in total. The van der Waals surface area contributed by atoms with Crippen LogP contribution < -0.4 is 0 Å². The summed E-state index contributed by atoms with van der Waals surface area (Å²) in [6.45, 7) is 1.24. The molecule has 0 aromatic heterocycles. The van der Waals surface area contributed by atoms with Gasteiger partial charge in [-0.2, -0.15) is 8.42 Å². The summed E-state index contributed by atoms with van der Waals surface area (Å²) in [5.74, 6) is -0.0793. The second-order valence-electron chi connectivity index (χ2n) is 8.81. The van der Waals surface area contributed by atoms with E-state index in [9.17, 15) is 8.42 Å². The summed E-state index contributed by atoms with van der Waals surface area (Å²) in [6, 6.07) is 0. The SMILES string of the molecule is CN(C)CCCCCCCCCCCCCCCCCCCCCS(=O)(=O)O. The lowest BCUT2D eigenvalue weighted by Crippen LogP contribution is -2.12. The van der Waals surface area contributed by atoms with Crippen LogP contribution in [-0.4, -0.2) is 44.3 Å². The lowest BCUT2D eigenvalue weighted by molar-refractivity contribution is 0.389. The summed E-state index contributed by atoms with van der Waals surface area (Å²) in [6.07, 6.45) is 24.6. The van der Waals surface area contributed by atoms with E-state index in [1.54, 1.807) is 0 Å². The van der Waals surface area contributed by atoms with Crippen LogP contribution in [0.25, 0.3) is 0 Å². The third kappa shape index (κ3) is 25.9. The maximum absolute atomic E-state index is 10.6. The molecule has 0 heterocycles. The molecule has 0 amide bonds. The average molecular weight is 420 g/mol. The van der Waals surface area contributed by atoms with E-state index >= 15 is 0 Å². The maximum atomic E-state index is 10.6. The molecule has 170 valence electrons. The van der Waals surface area contributed by atoms with E-state index in [2.05, 4.69) is 19.0 Å². The zero-order chi connectivity index (χ0) is 20.9. The highest BCUT2D eigenvalue weighted by molar-refractivity contribution is 7.85. The molecule has 0 fully saturated rings. The Morgan fingerprint density at radius 2 is 0.750 bits per heavy atom. The number of unbranched alkanes of at least 4 members (excludes halogenated alkanes) is 18. The largest absolute Gasteiger partial charge is 0.309 e. The van der Waals surface area contributed by atoms with Gasteiger partial charge in [0.15, 0.2) is 0 Å². The van der Waals surface area contributed by atoms with Crippen molar-refractivity contribution < 1.29 is 13.0 Å². The van der Waals surface area contributed by atoms with Crippen LogP contribution in [0.2, 0.25) is 0 Å². The van der Waals surface area contributed by atoms with Gasteiger partial charge >= 0.3 is 0 Å². The fraction of sp³-hybridized carbons (Fsp3) is 1.00. The van der Waals surface area contributed by atoms with Crippen molar-refractivity contribution in [3.8, 4) is 0 Å². The van der Waals surface area contributed by atoms with Crippen molar-refractivity contribution in [2.24, 2.45) is 0 Å². The fourth-order valence-corrected chi connectivity index (χ4v) is 4.29. The van der Waals surface area contributed by atoms with Crippen molar-refractivity contribution in [2.75, 3.05) is 26.4 Å². The van der Waals surface area contributed by atoms with Gasteiger partial charge in [0.25, 0.3) is 10.1 Å². The highest BCUT2D eigenvalue weighted by Gasteiger charge is 2.02. The summed E-state index contributed by atoms with van der Waals surface area (Å²) in [4.78, 5) is 2.28. The molecule has 0 aliphatic carbocycles. The van der Waals surface area contributed by atoms with Crippen molar-refractivity contribution in [3.05, 3.63) is 0 Å². The van der Waals surface area contributed by atoms with Crippen LogP contribution in [0.5, 0.6) is 0 Å². The predicted molar refractivity (Wildman–Crippen MR) is 123 cm³/mol. The van der Waals surface area contributed by atoms with Crippen LogP contribution in [0.1, 0.15) is 122 Å². The Kier molecular flexibility index (Phi) is 20.1. The summed E-state index contributed by atoms with van der Waals surface area (Å²) in [5, 5.41) is 0. The highest BCUT2D eigenvalue weighted by Crippen LogP contribution is 2.14. The van der Waals surface area contributed by atoms with Crippen LogP contribution in [0, 0.1) is 0 Å². The minimum Gasteiger partial charge on any atom is -0.309 e. The van der Waals surface area contributed by atoms with Gasteiger partial charge in [-0.1, -0.05) is 109 Å². The van der Waals surface area contributed by atoms with E-state index < -0.39 is 10.1 Å². The fourth-order valence-electron chi connectivity index (χ4n) is 3.72. The van der Waals surface area contributed by atoms with Crippen molar-refractivity contribution in [1.82, 2.24) is 4.90 Å². The summed E-state index contributed by atoms with van der Waals surface area (Å²) in [5.41, 5.74) is 0. The molecule has 5 heteroatoms. The normalized spacial score (nSPS) is 12.1. The van der Waals surface area contributed by atoms with Crippen LogP contribution in [-0.2, 0) is 10.1 Å². The Morgan fingerprint density at radius 3 is 1.00 bits per heavy atom. The quantitative estimate of drug-likeness (QED) is 0.154. The van der Waals surface area contributed by atoms with E-state index in [0.717, 1.165) is 12.8 Å². The monoisotopic (exact) mass is 419 g/mol. The maximum Gasteiger partial charge on any atom is 0.264 e. The van der Waals surface area contributed by atoms with E-state index in [-0.39, 0.29) is 5.75 Å². The first-order valence-corrected chi connectivity index (χ1v) is 13.6. The topological polar surface area (TPSA) is 57.6 Å². The Morgan fingerprint density at radius 1 is 0.500 bits per heavy atom. The smallest absolute Gasteiger partial charge is 0.264 e. The minimum absolute atomic E-state index is 0.0793. The molecule has 0 aromatic carbocycles. The highest BCUT2D eigenvalue weighted by atomic mass is 32.2. The van der Waals surface area contributed by atoms with Crippen molar-refractivity contribution in [2.45, 2.75) is 122 Å². The van der Waals surface area contributed by atoms with E-state index in [1.807, 2.05) is 0 Å². The average Bonchev–Trinajstić information content (AvgIpc) is 2.61. The van der Waals surface area contributed by atoms with Crippen molar-refractivity contribution >= 4 is 10.1 Å². The third-order valence-corrected chi connectivity index (χ3v) is 6.31. The first kappa shape index (κ1) is 27.9. The van der Waals surface area contributed by atoms with Crippen LogP contribution in [0.3, 0.4) is 0 Å². The molecule has 0 spiro atoms. The molecule has 0 radical (unpaired) electrons. The molecule has 4 nitrogen and oxygen atoms in total. The van der Waals surface area contributed by atoms with Gasteiger partial charge in [-0.15, -0.1) is 0 Å². The zero-order valence-electron chi connectivity index (χ0n) is 19.0. The number of hydrogen-bond acceptors (Lipinski definition) is 3. The van der Waals surface area contributed by atoms with E-state index in [4.69, 9.17) is 4.55 Å². The Bertz CT molecular complexity index is 410. The van der Waals surface area contributed by atoms with Crippen LogP contribution in [0.4, 0.5) is 0 Å². The van der Waals surface area contributed by atoms with Crippen LogP contribution >= 0.6 is 0 Å². The molecule has 0 saturated heterocycles. The molecule has 0 atom stereocenters. The molecule has 0 bridgehead atoms. The molecule has 0 unspecified atom stereocenters. The first-order valence-electron chi connectivity index (χ1n) is 12.0. The van der Waals surface area contributed by atoms with Gasteiger partial charge in [-0.25, -0.2) is 0 Å². The number of hydrogen-bond donors (Lipinski definition) is 1. The van der Waals surface area contributed by atoms with Gasteiger partial charge in [0.1, 0.15) is 0 Å².